The number of carbonyl (C=O) groups excluding carboxylic acids is 8. The Morgan fingerprint density at radius 3 is 1.25 bits per heavy atom. The minimum atomic E-state index is -5.30. The number of hydrogen-bond acceptors (Lipinski definition) is 28. The van der Waals surface area contributed by atoms with Crippen LogP contribution in [0.25, 0.3) is 0 Å². The van der Waals surface area contributed by atoms with Crippen molar-refractivity contribution in [3.05, 3.63) is 121 Å². The van der Waals surface area contributed by atoms with E-state index in [-0.39, 0.29) is 115 Å². The van der Waals surface area contributed by atoms with Crippen LogP contribution in [0.15, 0.2) is 66.7 Å². The smallest absolute Gasteiger partial charge is 0.426 e. The van der Waals surface area contributed by atoms with Gasteiger partial charge in [-0.15, -0.1) is 0 Å². The molecule has 0 radical (unpaired) electrons. The number of carbonyl (C=O) groups is 8. The minimum absolute atomic E-state index is 0.0136. The number of ether oxygens (including phenoxy) is 8. The molecule has 0 spiro atoms. The topological polar surface area (TPSA) is 439 Å². The Kier molecular flexibility index (Phi) is 45.0. The van der Waals surface area contributed by atoms with Crippen LogP contribution in [0.2, 0.25) is 0 Å². The zero-order chi connectivity index (χ0) is 92.0. The van der Waals surface area contributed by atoms with E-state index < -0.39 is 190 Å². The van der Waals surface area contributed by atoms with Crippen molar-refractivity contribution in [3.63, 3.8) is 0 Å². The molecule has 6 unspecified atom stereocenters. The predicted octanol–water partition coefficient (Wildman–Crippen LogP) is 14.6. The van der Waals surface area contributed by atoms with Gasteiger partial charge in [-0.05, 0) is 352 Å². The molecule has 0 saturated heterocycles. The Balaban J connectivity index is 0.000000291. The number of hydrogen-bond donors (Lipinski definition) is 0. The van der Waals surface area contributed by atoms with Gasteiger partial charge in [-0.1, -0.05) is 12.1 Å². The van der Waals surface area contributed by atoms with Crippen LogP contribution < -0.4 is 0 Å². The fourth-order valence-corrected chi connectivity index (χ4v) is 23.0. The molecule has 5 aliphatic carbocycles. The van der Waals surface area contributed by atoms with Crippen molar-refractivity contribution in [2.24, 2.45) is 34.5 Å². The quantitative estimate of drug-likeness (QED) is 0.0103. The predicted molar refractivity (Wildman–Crippen MR) is 479 cm³/mol. The summed E-state index contributed by atoms with van der Waals surface area (Å²) < 4.78 is 305. The normalized spacial score (nSPS) is 19.9. The van der Waals surface area contributed by atoms with Gasteiger partial charge in [0.05, 0.1) is 92.8 Å². The van der Waals surface area contributed by atoms with E-state index in [1.54, 1.807) is 0 Å². The standard InChI is InChI=1S/C22H22F3I3O7S.C18H19F3I2O7S.C16H18F2I2O7S.C15H16F2I2O7S/c23-22(24,25)16(9-36(31,32)33)35-19(30)21-6-11-1-12(7-21)5-20(4-11,10-21)18(29)34-8-13-2-14(26)3-15(27)17(13)28;19-18(20,21)15(9-31(26,27)28)30-17(25)11-3-1-10(2-4-11)16(24)29-8-12-5-6-13(22)7-14(12)23;17-16(18)13(9-28(23,24)25)27-15(22)3-1-2-14(21)26-7-6-10-4-5-11(19)8-12(10)20;16-15(17)12(8-27(22,23)24)26-14(21)3-1-2-13(20)25-7-9-6-10(18)4-5-11(9)19/h2-3,11-12,16H,1,4-10H2,(H,31,32,33);5-7,10-11,15H,1-4,8-9H2,(H,26,27,28);4-5,8,13,16H,1-3,6-7,9H2,(H,23,24,25);4-6,12,15H,1-3,7-8H2,(H,22,23,24)/p-4. The van der Waals surface area contributed by atoms with Crippen LogP contribution >= 0.6 is 203 Å². The van der Waals surface area contributed by atoms with Crippen molar-refractivity contribution in [2.45, 2.75) is 179 Å². The van der Waals surface area contributed by atoms with Crippen LogP contribution in [-0.2, 0) is 143 Å². The van der Waals surface area contributed by atoms with Crippen molar-refractivity contribution in [3.8, 4) is 0 Å². The average molecular weight is 2830 g/mol. The summed E-state index contributed by atoms with van der Waals surface area (Å²) in [6.45, 7) is 0.352. The number of halogens is 19. The fourth-order valence-electron chi connectivity index (χ4n) is 13.4. The molecule has 0 amide bonds. The lowest BCUT2D eigenvalue weighted by atomic mass is 9.44. The molecule has 51 heteroatoms. The summed E-state index contributed by atoms with van der Waals surface area (Å²) in [5, 5.41) is 0. The second-order valence-corrected chi connectivity index (χ2v) is 44.7. The molecule has 122 heavy (non-hydrogen) atoms. The van der Waals surface area contributed by atoms with Gasteiger partial charge >= 0.3 is 60.1 Å². The third-order valence-electron chi connectivity index (χ3n) is 18.5. The fraction of sp³-hybridized carbons (Fsp3) is 0.549. The Labute approximate surface area is 816 Å². The third-order valence-corrected chi connectivity index (χ3v) is 30.3. The van der Waals surface area contributed by atoms with Crippen molar-refractivity contribution in [1.29, 1.82) is 0 Å². The Morgan fingerprint density at radius 2 is 0.795 bits per heavy atom. The highest BCUT2D eigenvalue weighted by Crippen LogP contribution is 2.66. The first-order valence-corrected chi connectivity index (χ1v) is 51.6. The molecule has 6 atom stereocenters. The van der Waals surface area contributed by atoms with Crippen molar-refractivity contribution < 1.29 is 172 Å². The lowest BCUT2D eigenvalue weighted by Crippen LogP contribution is -2.59. The molecule has 4 aromatic carbocycles. The van der Waals surface area contributed by atoms with Gasteiger partial charge in [-0.2, -0.15) is 26.3 Å². The molecule has 5 saturated carbocycles. The van der Waals surface area contributed by atoms with E-state index in [9.17, 15) is 134 Å². The van der Waals surface area contributed by atoms with Crippen LogP contribution in [0, 0.1) is 66.6 Å². The maximum Gasteiger partial charge on any atom is 0.426 e. The second-order valence-electron chi connectivity index (χ2n) is 28.2. The summed E-state index contributed by atoms with van der Waals surface area (Å²) in [4.78, 5) is 97.2. The maximum absolute atomic E-state index is 13.4. The van der Waals surface area contributed by atoms with Gasteiger partial charge in [0.25, 0.3) is 12.9 Å². The van der Waals surface area contributed by atoms with Gasteiger partial charge in [-0.3, -0.25) is 38.4 Å². The zero-order valence-electron chi connectivity index (χ0n) is 62.5. The van der Waals surface area contributed by atoms with Gasteiger partial charge in [0.1, 0.15) is 19.8 Å². The van der Waals surface area contributed by atoms with Crippen LogP contribution in [0.3, 0.4) is 0 Å². The Hall–Kier alpha value is -1.85. The molecular weight excluding hydrogens is 2760 g/mol. The maximum atomic E-state index is 13.4. The molecule has 4 aromatic rings. The first-order chi connectivity index (χ1) is 56.2. The van der Waals surface area contributed by atoms with Crippen molar-refractivity contribution in [2.75, 3.05) is 29.6 Å². The van der Waals surface area contributed by atoms with E-state index in [4.69, 9.17) is 18.9 Å². The van der Waals surface area contributed by atoms with E-state index in [1.807, 2.05) is 66.7 Å². The van der Waals surface area contributed by atoms with E-state index in [0.29, 0.717) is 19.3 Å². The van der Waals surface area contributed by atoms with E-state index in [0.717, 1.165) is 60.8 Å². The van der Waals surface area contributed by atoms with Gasteiger partial charge in [0.2, 0.25) is 12.2 Å². The van der Waals surface area contributed by atoms with E-state index in [1.165, 1.54) is 0 Å². The van der Waals surface area contributed by atoms with Crippen molar-refractivity contribution in [1.82, 2.24) is 0 Å². The third kappa shape index (κ3) is 39.7. The van der Waals surface area contributed by atoms with Crippen molar-refractivity contribution >= 4 is 292 Å². The Bertz CT molecular complexity index is 4830. The number of esters is 8. The summed E-state index contributed by atoms with van der Waals surface area (Å²) in [7, 11) is -20.5. The van der Waals surface area contributed by atoms with Gasteiger partial charge in [-0.25, -0.2) is 51.2 Å². The lowest BCUT2D eigenvalue weighted by Gasteiger charge is -2.59. The lowest BCUT2D eigenvalue weighted by molar-refractivity contribution is -0.231. The highest BCUT2D eigenvalue weighted by molar-refractivity contribution is 14.1. The molecular formula is C71H71F10I9O28S4-4. The minimum Gasteiger partial charge on any atom is -0.748 e. The largest absolute Gasteiger partial charge is 0.748 e. The SMILES string of the molecule is O=C(CCCC(=O)OC(CS(=O)(=O)[O-])C(F)F)OCCc1ccc(I)cc1I.O=C(CCCC(=O)OC(CS(=O)(=O)[O-])C(F)F)OCc1cc(I)ccc1I.O=C(OCc1cc(I)cc(I)c1I)C12CC3CC(C1)CC(C(=O)OC(CS(=O)(=O)[O-])C(F)(F)F)(C3)C2.O=C(OCc1ccc(I)cc1I)C1CCC(C(=O)OC(CS(=O)(=O)[O-])C(F)(F)F)CC1. The van der Waals surface area contributed by atoms with Gasteiger partial charge in [0, 0.05) is 80.9 Å². The second kappa shape index (κ2) is 49.6. The summed E-state index contributed by atoms with van der Waals surface area (Å²) in [6.07, 6.45) is -25.4. The molecule has 9 rings (SSSR count). The van der Waals surface area contributed by atoms with Gasteiger partial charge in [0.15, 0.2) is 12.2 Å². The monoisotopic (exact) mass is 2830 g/mol. The number of rotatable bonds is 35. The van der Waals surface area contributed by atoms with Crippen LogP contribution in [0.5, 0.6) is 0 Å². The number of alkyl halides is 10. The van der Waals surface area contributed by atoms with E-state index >= 15 is 0 Å². The summed E-state index contributed by atoms with van der Waals surface area (Å²) in [5.41, 5.74) is 1.19. The van der Waals surface area contributed by atoms with E-state index in [2.05, 4.69) is 222 Å². The molecule has 0 aromatic heterocycles. The molecule has 5 fully saturated rings. The van der Waals surface area contributed by atoms with Crippen LogP contribution in [0.1, 0.15) is 125 Å². The molecule has 0 aliphatic heterocycles. The zero-order valence-corrected chi connectivity index (χ0v) is 85.2. The van der Waals surface area contributed by atoms with Gasteiger partial charge < -0.3 is 56.1 Å². The van der Waals surface area contributed by atoms with Crippen LogP contribution in [-0.4, -0.2) is 179 Å². The molecule has 4 bridgehead atoms. The first kappa shape index (κ1) is 111. The summed E-state index contributed by atoms with van der Waals surface area (Å²) >= 11 is 19.5. The molecule has 0 heterocycles. The first-order valence-electron chi connectivity index (χ1n) is 35.6. The van der Waals surface area contributed by atoms with Crippen LogP contribution in [0.4, 0.5) is 43.9 Å². The highest BCUT2D eigenvalue weighted by atomic mass is 127. The molecule has 28 nitrogen and oxygen atoms in total. The highest BCUT2D eigenvalue weighted by Gasteiger charge is 2.65. The number of benzene rings is 4. The summed E-state index contributed by atoms with van der Waals surface area (Å²) in [5.74, 6) is -15.0. The molecule has 5 aliphatic rings. The molecule has 0 N–H and O–H groups in total. The summed E-state index contributed by atoms with van der Waals surface area (Å²) in [6, 6.07) is 21.1. The average Bonchev–Trinajstić information content (AvgIpc) is 0.709. The Morgan fingerprint density at radius 1 is 0.410 bits per heavy atom. The molecule has 684 valence electrons.